The van der Waals surface area contributed by atoms with Gasteiger partial charge in [0.05, 0.1) is 6.54 Å². The quantitative estimate of drug-likeness (QED) is 0.351. The van der Waals surface area contributed by atoms with Gasteiger partial charge in [0, 0.05) is 45.8 Å². The van der Waals surface area contributed by atoms with E-state index in [0.29, 0.717) is 25.2 Å². The average Bonchev–Trinajstić information content (AvgIpc) is 2.76. The lowest BCUT2D eigenvalue weighted by Gasteiger charge is -2.26. The standard InChI is InChI=1S/C23H29N5O2.HI/c1-17-4-6-19(7-5-17)15-27(3)23(24-2)26-14-18-8-10-20(11-9-18)22(30)28-13-12-25-21(29)16-28;/h4-11H,12-16H2,1-3H3,(H,24,26)(H,25,29);1H. The molecule has 1 heterocycles. The number of aliphatic imine (C=N–C) groups is 1. The van der Waals surface area contributed by atoms with Crippen LogP contribution in [0.15, 0.2) is 53.5 Å². The van der Waals surface area contributed by atoms with Crippen molar-refractivity contribution in [3.63, 3.8) is 0 Å². The Kier molecular flexibility index (Phi) is 9.29. The van der Waals surface area contributed by atoms with Gasteiger partial charge >= 0.3 is 0 Å². The van der Waals surface area contributed by atoms with Crippen molar-refractivity contribution >= 4 is 41.8 Å². The molecular formula is C23H30IN5O2. The minimum Gasteiger partial charge on any atom is -0.353 e. The third-order valence-corrected chi connectivity index (χ3v) is 5.09. The predicted molar refractivity (Wildman–Crippen MR) is 134 cm³/mol. The molecule has 0 atom stereocenters. The molecular weight excluding hydrogens is 505 g/mol. The highest BCUT2D eigenvalue weighted by Gasteiger charge is 2.22. The van der Waals surface area contributed by atoms with Gasteiger partial charge in [-0.2, -0.15) is 0 Å². The van der Waals surface area contributed by atoms with Crippen molar-refractivity contribution in [1.82, 2.24) is 20.4 Å². The van der Waals surface area contributed by atoms with Gasteiger partial charge < -0.3 is 20.4 Å². The highest BCUT2D eigenvalue weighted by atomic mass is 127. The molecule has 1 saturated heterocycles. The molecule has 8 heteroatoms. The van der Waals surface area contributed by atoms with Crippen LogP contribution in [0.25, 0.3) is 0 Å². The summed E-state index contributed by atoms with van der Waals surface area (Å²) in [5.74, 6) is 0.574. The Labute approximate surface area is 200 Å². The fourth-order valence-electron chi connectivity index (χ4n) is 3.37. The zero-order valence-electron chi connectivity index (χ0n) is 18.2. The summed E-state index contributed by atoms with van der Waals surface area (Å²) < 4.78 is 0. The van der Waals surface area contributed by atoms with Crippen molar-refractivity contribution in [1.29, 1.82) is 0 Å². The first-order chi connectivity index (χ1) is 14.5. The topological polar surface area (TPSA) is 77.0 Å². The lowest BCUT2D eigenvalue weighted by Crippen LogP contribution is -2.49. The van der Waals surface area contributed by atoms with Gasteiger partial charge in [-0.1, -0.05) is 42.0 Å². The van der Waals surface area contributed by atoms with Crippen LogP contribution in [0.4, 0.5) is 0 Å². The Bertz CT molecular complexity index is 913. The molecule has 2 aromatic carbocycles. The minimum absolute atomic E-state index is 0. The second-order valence-electron chi connectivity index (χ2n) is 7.52. The number of piperazine rings is 1. The lowest BCUT2D eigenvalue weighted by atomic mass is 10.1. The van der Waals surface area contributed by atoms with Gasteiger partial charge in [-0.25, -0.2) is 0 Å². The largest absolute Gasteiger partial charge is 0.353 e. The Balaban J connectivity index is 0.00000341. The van der Waals surface area contributed by atoms with Gasteiger partial charge in [-0.15, -0.1) is 24.0 Å². The summed E-state index contributed by atoms with van der Waals surface area (Å²) in [7, 11) is 3.77. The maximum atomic E-state index is 12.6. The van der Waals surface area contributed by atoms with E-state index < -0.39 is 0 Å². The number of nitrogens with one attached hydrogen (secondary N) is 2. The third kappa shape index (κ3) is 6.95. The van der Waals surface area contributed by atoms with Gasteiger partial charge in [0.1, 0.15) is 0 Å². The van der Waals surface area contributed by atoms with Crippen LogP contribution in [0.3, 0.4) is 0 Å². The van der Waals surface area contributed by atoms with E-state index in [1.807, 2.05) is 31.3 Å². The number of nitrogens with zero attached hydrogens (tertiary/aromatic N) is 3. The first-order valence-corrected chi connectivity index (χ1v) is 10.1. The summed E-state index contributed by atoms with van der Waals surface area (Å²) in [5, 5.41) is 6.09. The first kappa shape index (κ1) is 24.6. The molecule has 2 aromatic rings. The Morgan fingerprint density at radius 2 is 1.77 bits per heavy atom. The predicted octanol–water partition coefficient (Wildman–Crippen LogP) is 2.39. The molecule has 7 nitrogen and oxygen atoms in total. The smallest absolute Gasteiger partial charge is 0.254 e. The summed E-state index contributed by atoms with van der Waals surface area (Å²) in [6.45, 7) is 4.60. The van der Waals surface area contributed by atoms with Crippen molar-refractivity contribution in [3.8, 4) is 0 Å². The monoisotopic (exact) mass is 535 g/mol. The second kappa shape index (κ2) is 11.7. The zero-order valence-corrected chi connectivity index (χ0v) is 20.6. The summed E-state index contributed by atoms with van der Waals surface area (Å²) in [6.07, 6.45) is 0. The van der Waals surface area contributed by atoms with E-state index in [4.69, 9.17) is 0 Å². The number of carbonyl (C=O) groups excluding carboxylic acids is 2. The van der Waals surface area contributed by atoms with E-state index in [1.54, 1.807) is 11.9 Å². The molecule has 0 spiro atoms. The number of halogens is 1. The number of guanidine groups is 1. The van der Waals surface area contributed by atoms with E-state index >= 15 is 0 Å². The van der Waals surface area contributed by atoms with Crippen LogP contribution in [0.2, 0.25) is 0 Å². The molecule has 0 unspecified atom stereocenters. The molecule has 0 radical (unpaired) electrons. The number of benzene rings is 2. The Morgan fingerprint density at radius 3 is 2.39 bits per heavy atom. The molecule has 2 N–H and O–H groups in total. The Hall–Kier alpha value is -2.62. The van der Waals surface area contributed by atoms with Crippen molar-refractivity contribution in [2.24, 2.45) is 4.99 Å². The molecule has 166 valence electrons. The van der Waals surface area contributed by atoms with Crippen LogP contribution in [0.1, 0.15) is 27.0 Å². The SMILES string of the molecule is CN=C(NCc1ccc(C(=O)N2CCNC(=O)C2)cc1)N(C)Cc1ccc(C)cc1.I. The third-order valence-electron chi connectivity index (χ3n) is 5.09. The number of amides is 2. The summed E-state index contributed by atoms with van der Waals surface area (Å²) in [5.41, 5.74) is 4.11. The van der Waals surface area contributed by atoms with Crippen molar-refractivity contribution in [3.05, 3.63) is 70.8 Å². The van der Waals surface area contributed by atoms with E-state index in [1.165, 1.54) is 11.1 Å². The number of hydrogen-bond donors (Lipinski definition) is 2. The molecule has 0 aromatic heterocycles. The van der Waals surface area contributed by atoms with Gasteiger partial charge in [-0.3, -0.25) is 14.6 Å². The number of rotatable bonds is 5. The highest BCUT2D eigenvalue weighted by Crippen LogP contribution is 2.10. The second-order valence-corrected chi connectivity index (χ2v) is 7.52. The molecule has 1 aliphatic rings. The van der Waals surface area contributed by atoms with Crippen LogP contribution in [0, 0.1) is 6.92 Å². The molecule has 31 heavy (non-hydrogen) atoms. The van der Waals surface area contributed by atoms with Crippen LogP contribution in [-0.4, -0.2) is 61.3 Å². The summed E-state index contributed by atoms with van der Waals surface area (Å²) in [4.78, 5) is 32.1. The molecule has 3 rings (SSSR count). The normalized spacial score (nSPS) is 13.8. The maximum absolute atomic E-state index is 12.6. The van der Waals surface area contributed by atoms with Crippen LogP contribution >= 0.6 is 24.0 Å². The van der Waals surface area contributed by atoms with Crippen molar-refractivity contribution in [2.45, 2.75) is 20.0 Å². The summed E-state index contributed by atoms with van der Waals surface area (Å²) in [6, 6.07) is 15.9. The summed E-state index contributed by atoms with van der Waals surface area (Å²) >= 11 is 0. The first-order valence-electron chi connectivity index (χ1n) is 10.1. The van der Waals surface area contributed by atoms with Gasteiger partial charge in [-0.05, 0) is 30.2 Å². The number of carbonyl (C=O) groups is 2. The zero-order chi connectivity index (χ0) is 21.5. The molecule has 0 saturated carbocycles. The van der Waals surface area contributed by atoms with Gasteiger partial charge in [0.15, 0.2) is 5.96 Å². The Morgan fingerprint density at radius 1 is 1.13 bits per heavy atom. The van der Waals surface area contributed by atoms with E-state index in [2.05, 4.69) is 51.7 Å². The van der Waals surface area contributed by atoms with Crippen LogP contribution in [-0.2, 0) is 17.9 Å². The van der Waals surface area contributed by atoms with Crippen molar-refractivity contribution < 1.29 is 9.59 Å². The molecule has 0 bridgehead atoms. The molecule has 0 aliphatic carbocycles. The van der Waals surface area contributed by atoms with Crippen LogP contribution in [0.5, 0.6) is 0 Å². The van der Waals surface area contributed by atoms with Gasteiger partial charge in [0.2, 0.25) is 5.91 Å². The number of hydrogen-bond acceptors (Lipinski definition) is 3. The van der Waals surface area contributed by atoms with E-state index in [-0.39, 0.29) is 42.3 Å². The molecule has 1 fully saturated rings. The average molecular weight is 535 g/mol. The molecule has 1 aliphatic heterocycles. The van der Waals surface area contributed by atoms with E-state index in [0.717, 1.165) is 18.1 Å². The fourth-order valence-corrected chi connectivity index (χ4v) is 3.37. The van der Waals surface area contributed by atoms with Gasteiger partial charge in [0.25, 0.3) is 5.91 Å². The fraction of sp³-hybridized carbons (Fsp3) is 0.348. The minimum atomic E-state index is -0.114. The van der Waals surface area contributed by atoms with Crippen LogP contribution < -0.4 is 10.6 Å². The van der Waals surface area contributed by atoms with E-state index in [9.17, 15) is 9.59 Å². The lowest BCUT2D eigenvalue weighted by molar-refractivity contribution is -0.123. The maximum Gasteiger partial charge on any atom is 0.254 e. The number of aryl methyl sites for hydroxylation is 1. The molecule has 2 amide bonds. The highest BCUT2D eigenvalue weighted by molar-refractivity contribution is 14.0. The van der Waals surface area contributed by atoms with Crippen molar-refractivity contribution in [2.75, 3.05) is 33.7 Å².